The number of rotatable bonds is 6. The molecule has 0 amide bonds. The van der Waals surface area contributed by atoms with Gasteiger partial charge in [0.15, 0.2) is 0 Å². The van der Waals surface area contributed by atoms with Crippen molar-refractivity contribution in [2.45, 2.75) is 6.92 Å². The number of carbonyl (C=O) groups excluding carboxylic acids is 2. The molecule has 14 heavy (non-hydrogen) atoms. The molecule has 0 spiro atoms. The zero-order chi connectivity index (χ0) is 10.8. The van der Waals surface area contributed by atoms with Crippen LogP contribution in [0.5, 0.6) is 0 Å². The van der Waals surface area contributed by atoms with Crippen molar-refractivity contribution < 1.29 is 19.1 Å². The Hall–Kier alpha value is -1.36. The fourth-order valence-corrected chi connectivity index (χ4v) is 0.647. The maximum Gasteiger partial charge on any atom is 0.319 e. The molecule has 0 aromatic heterocycles. The predicted octanol–water partition coefficient (Wildman–Crippen LogP) is -0.132. The lowest BCUT2D eigenvalue weighted by Crippen LogP contribution is -2.23. The topological polar surface area (TPSA) is 64.6 Å². The highest BCUT2D eigenvalue weighted by Gasteiger charge is 1.95. The molecule has 0 atom stereocenters. The van der Waals surface area contributed by atoms with Crippen molar-refractivity contribution in [2.24, 2.45) is 0 Å². The van der Waals surface area contributed by atoms with Gasteiger partial charge < -0.3 is 14.8 Å². The molecule has 5 heteroatoms. The van der Waals surface area contributed by atoms with Gasteiger partial charge in [-0.15, -0.1) is 0 Å². The van der Waals surface area contributed by atoms with Crippen LogP contribution in [0.3, 0.4) is 0 Å². The van der Waals surface area contributed by atoms with E-state index in [0.717, 1.165) is 0 Å². The van der Waals surface area contributed by atoms with Crippen LogP contribution in [0.25, 0.3) is 0 Å². The number of hydrogen-bond donors (Lipinski definition) is 1. The number of nitrogens with one attached hydrogen (secondary N) is 1. The number of methoxy groups -OCH3 is 1. The Morgan fingerprint density at radius 3 is 2.64 bits per heavy atom. The second-order valence-electron chi connectivity index (χ2n) is 2.48. The fraction of sp³-hybridized carbons (Fsp3) is 0.556. The van der Waals surface area contributed by atoms with E-state index in [1.807, 2.05) is 0 Å². The third-order valence-electron chi connectivity index (χ3n) is 1.31. The molecule has 5 nitrogen and oxygen atoms in total. The Labute approximate surface area is 83.1 Å². The molecule has 0 aliphatic rings. The first-order chi connectivity index (χ1) is 6.66. The van der Waals surface area contributed by atoms with Gasteiger partial charge in [-0.2, -0.15) is 0 Å². The van der Waals surface area contributed by atoms with Gasteiger partial charge >= 0.3 is 11.9 Å². The second-order valence-corrected chi connectivity index (χ2v) is 2.48. The van der Waals surface area contributed by atoms with Crippen LogP contribution in [0.1, 0.15) is 6.92 Å². The van der Waals surface area contributed by atoms with Gasteiger partial charge in [0.1, 0.15) is 6.61 Å². The van der Waals surface area contributed by atoms with Crippen LogP contribution in [0.4, 0.5) is 0 Å². The van der Waals surface area contributed by atoms with Crippen LogP contribution >= 0.6 is 0 Å². The molecule has 0 radical (unpaired) electrons. The van der Waals surface area contributed by atoms with Crippen molar-refractivity contribution >= 4 is 11.9 Å². The summed E-state index contributed by atoms with van der Waals surface area (Å²) in [6.07, 6.45) is 3.47. The molecule has 0 unspecified atom stereocenters. The summed E-state index contributed by atoms with van der Waals surface area (Å²) in [4.78, 5) is 20.9. The van der Waals surface area contributed by atoms with Crippen LogP contribution in [-0.4, -0.2) is 38.7 Å². The van der Waals surface area contributed by atoms with E-state index in [2.05, 4.69) is 14.8 Å². The van der Waals surface area contributed by atoms with Gasteiger partial charge in [0.25, 0.3) is 0 Å². The molecule has 0 heterocycles. The summed E-state index contributed by atoms with van der Waals surface area (Å²) in [6, 6.07) is 0. The molecule has 0 aromatic rings. The molecule has 0 aromatic carbocycles. The van der Waals surface area contributed by atoms with Gasteiger partial charge in [0, 0.05) is 13.5 Å². The molecule has 0 aliphatic heterocycles. The Morgan fingerprint density at radius 1 is 1.36 bits per heavy atom. The summed E-state index contributed by atoms with van der Waals surface area (Å²) in [6.45, 7) is 2.32. The summed E-state index contributed by atoms with van der Waals surface area (Å²) >= 11 is 0. The third-order valence-corrected chi connectivity index (χ3v) is 1.31. The first kappa shape index (κ1) is 12.6. The van der Waals surface area contributed by atoms with Gasteiger partial charge in [-0.3, -0.25) is 9.59 Å². The summed E-state index contributed by atoms with van der Waals surface area (Å²) in [5.41, 5.74) is 0. The fourth-order valence-electron chi connectivity index (χ4n) is 0.647. The predicted molar refractivity (Wildman–Crippen MR) is 50.7 cm³/mol. The monoisotopic (exact) mass is 201 g/mol. The lowest BCUT2D eigenvalue weighted by atomic mass is 10.5. The quantitative estimate of drug-likeness (QED) is 0.368. The SMILES string of the molecule is COC(=O)CNC/C=C/COC(C)=O. The summed E-state index contributed by atoms with van der Waals surface area (Å²) < 4.78 is 9.06. The van der Waals surface area contributed by atoms with Gasteiger partial charge in [0.05, 0.1) is 13.7 Å². The molecular weight excluding hydrogens is 186 g/mol. The van der Waals surface area contributed by atoms with E-state index in [4.69, 9.17) is 0 Å². The molecular formula is C9H15NO4. The second kappa shape index (κ2) is 8.25. The van der Waals surface area contributed by atoms with Gasteiger partial charge in [-0.1, -0.05) is 6.08 Å². The first-order valence-electron chi connectivity index (χ1n) is 4.22. The zero-order valence-electron chi connectivity index (χ0n) is 8.41. The maximum atomic E-state index is 10.6. The van der Waals surface area contributed by atoms with Crippen LogP contribution in [-0.2, 0) is 19.1 Å². The third kappa shape index (κ3) is 8.73. The van der Waals surface area contributed by atoms with Crippen LogP contribution in [0.2, 0.25) is 0 Å². The highest BCUT2D eigenvalue weighted by molar-refractivity contribution is 5.71. The minimum Gasteiger partial charge on any atom is -0.468 e. The zero-order valence-corrected chi connectivity index (χ0v) is 8.41. The lowest BCUT2D eigenvalue weighted by molar-refractivity contribution is -0.140. The van der Waals surface area contributed by atoms with E-state index in [1.165, 1.54) is 14.0 Å². The van der Waals surface area contributed by atoms with E-state index >= 15 is 0 Å². The van der Waals surface area contributed by atoms with Gasteiger partial charge in [0.2, 0.25) is 0 Å². The van der Waals surface area contributed by atoms with E-state index < -0.39 is 0 Å². The average molecular weight is 201 g/mol. The summed E-state index contributed by atoms with van der Waals surface area (Å²) in [5, 5.41) is 2.82. The minimum atomic E-state index is -0.308. The smallest absolute Gasteiger partial charge is 0.319 e. The van der Waals surface area contributed by atoms with Crippen molar-refractivity contribution in [1.82, 2.24) is 5.32 Å². The van der Waals surface area contributed by atoms with E-state index in [1.54, 1.807) is 12.2 Å². The highest BCUT2D eigenvalue weighted by atomic mass is 16.5. The van der Waals surface area contributed by atoms with Crippen molar-refractivity contribution in [3.8, 4) is 0 Å². The molecule has 0 saturated carbocycles. The van der Waals surface area contributed by atoms with Crippen molar-refractivity contribution in [3.05, 3.63) is 12.2 Å². The normalized spacial score (nSPS) is 10.1. The molecule has 0 fully saturated rings. The van der Waals surface area contributed by atoms with Crippen LogP contribution in [0, 0.1) is 0 Å². The van der Waals surface area contributed by atoms with Crippen LogP contribution < -0.4 is 5.32 Å². The van der Waals surface area contributed by atoms with Gasteiger partial charge in [-0.25, -0.2) is 0 Å². The van der Waals surface area contributed by atoms with Crippen LogP contribution in [0.15, 0.2) is 12.2 Å². The molecule has 0 aliphatic carbocycles. The van der Waals surface area contributed by atoms with E-state index in [-0.39, 0.29) is 25.1 Å². The molecule has 0 saturated heterocycles. The standard InChI is InChI=1S/C9H15NO4/c1-8(11)14-6-4-3-5-10-7-9(12)13-2/h3-4,10H,5-7H2,1-2H3/b4-3+. The van der Waals surface area contributed by atoms with Crippen molar-refractivity contribution in [1.29, 1.82) is 0 Å². The van der Waals surface area contributed by atoms with Gasteiger partial charge in [-0.05, 0) is 6.08 Å². The van der Waals surface area contributed by atoms with Crippen molar-refractivity contribution in [2.75, 3.05) is 26.8 Å². The Kier molecular flexibility index (Phi) is 7.45. The highest BCUT2D eigenvalue weighted by Crippen LogP contribution is 1.78. The Balaban J connectivity index is 3.27. The molecule has 0 bridgehead atoms. The maximum absolute atomic E-state index is 10.6. The van der Waals surface area contributed by atoms with E-state index in [9.17, 15) is 9.59 Å². The molecule has 0 rings (SSSR count). The first-order valence-corrected chi connectivity index (χ1v) is 4.22. The largest absolute Gasteiger partial charge is 0.468 e. The summed E-state index contributed by atoms with van der Waals surface area (Å²) in [5.74, 6) is -0.615. The lowest BCUT2D eigenvalue weighted by Gasteiger charge is -1.99. The number of hydrogen-bond acceptors (Lipinski definition) is 5. The minimum absolute atomic E-state index is 0.175. The molecule has 80 valence electrons. The number of esters is 2. The number of carbonyl (C=O) groups is 2. The average Bonchev–Trinajstić information content (AvgIpc) is 2.15. The Morgan fingerprint density at radius 2 is 2.07 bits per heavy atom. The van der Waals surface area contributed by atoms with Crippen molar-refractivity contribution in [3.63, 3.8) is 0 Å². The Bertz CT molecular complexity index is 213. The van der Waals surface area contributed by atoms with E-state index in [0.29, 0.717) is 6.54 Å². The molecule has 1 N–H and O–H groups in total. The summed E-state index contributed by atoms with van der Waals surface area (Å²) in [7, 11) is 1.33. The number of ether oxygens (including phenoxy) is 2.